The standard InChI is InChI=1S/C12H22N2O/c1-2-9-14(11-5-6-11)12(15)7-8-13-10-3-4-10/h10-11,13H,2-9H2,1H3. The lowest BCUT2D eigenvalue weighted by molar-refractivity contribution is -0.131. The topological polar surface area (TPSA) is 32.3 Å². The average Bonchev–Trinajstić information content (AvgIpc) is 3.05. The highest BCUT2D eigenvalue weighted by Crippen LogP contribution is 2.27. The van der Waals surface area contributed by atoms with Crippen LogP contribution >= 0.6 is 0 Å². The lowest BCUT2D eigenvalue weighted by atomic mass is 10.3. The van der Waals surface area contributed by atoms with Gasteiger partial charge in [-0.1, -0.05) is 6.92 Å². The maximum Gasteiger partial charge on any atom is 0.224 e. The SMILES string of the molecule is CCCN(C(=O)CCNC1CC1)C1CC1. The van der Waals surface area contributed by atoms with Crippen LogP contribution < -0.4 is 5.32 Å². The summed E-state index contributed by atoms with van der Waals surface area (Å²) in [6.07, 6.45) is 6.82. The Morgan fingerprint density at radius 2 is 2.07 bits per heavy atom. The van der Waals surface area contributed by atoms with Crippen LogP contribution in [0.3, 0.4) is 0 Å². The van der Waals surface area contributed by atoms with Crippen molar-refractivity contribution in [1.29, 1.82) is 0 Å². The van der Waals surface area contributed by atoms with Gasteiger partial charge in [-0.3, -0.25) is 4.79 Å². The van der Waals surface area contributed by atoms with Gasteiger partial charge in [0.25, 0.3) is 0 Å². The van der Waals surface area contributed by atoms with Crippen LogP contribution in [-0.2, 0) is 4.79 Å². The molecule has 1 N–H and O–H groups in total. The smallest absolute Gasteiger partial charge is 0.224 e. The predicted octanol–water partition coefficient (Wildman–Crippen LogP) is 1.53. The summed E-state index contributed by atoms with van der Waals surface area (Å²) in [5, 5.41) is 3.40. The fourth-order valence-corrected chi connectivity index (χ4v) is 1.95. The second kappa shape index (κ2) is 4.97. The second-order valence-electron chi connectivity index (χ2n) is 4.80. The minimum atomic E-state index is 0.354. The van der Waals surface area contributed by atoms with Gasteiger partial charge in [-0.2, -0.15) is 0 Å². The molecule has 0 aromatic heterocycles. The molecular formula is C12H22N2O. The fraction of sp³-hybridized carbons (Fsp3) is 0.917. The molecule has 3 heteroatoms. The molecule has 1 amide bonds. The van der Waals surface area contributed by atoms with Crippen molar-refractivity contribution in [2.75, 3.05) is 13.1 Å². The molecule has 0 saturated heterocycles. The molecule has 2 fully saturated rings. The third-order valence-corrected chi connectivity index (χ3v) is 3.12. The quantitative estimate of drug-likeness (QED) is 0.691. The number of hydrogen-bond donors (Lipinski definition) is 1. The maximum atomic E-state index is 11.9. The molecule has 86 valence electrons. The molecule has 0 spiro atoms. The van der Waals surface area contributed by atoms with Crippen molar-refractivity contribution in [3.05, 3.63) is 0 Å². The molecule has 0 radical (unpaired) electrons. The van der Waals surface area contributed by atoms with Gasteiger partial charge in [-0.25, -0.2) is 0 Å². The van der Waals surface area contributed by atoms with E-state index in [0.29, 0.717) is 18.4 Å². The van der Waals surface area contributed by atoms with E-state index in [1.165, 1.54) is 25.7 Å². The molecule has 2 saturated carbocycles. The van der Waals surface area contributed by atoms with E-state index in [2.05, 4.69) is 17.1 Å². The first-order valence-corrected chi connectivity index (χ1v) is 6.34. The molecule has 0 aliphatic heterocycles. The molecule has 15 heavy (non-hydrogen) atoms. The first-order valence-electron chi connectivity index (χ1n) is 6.34. The Kier molecular flexibility index (Phi) is 3.62. The van der Waals surface area contributed by atoms with Crippen LogP contribution in [0.4, 0.5) is 0 Å². The first kappa shape index (κ1) is 10.9. The van der Waals surface area contributed by atoms with Crippen molar-refractivity contribution in [2.45, 2.75) is 57.5 Å². The zero-order chi connectivity index (χ0) is 10.7. The number of carbonyl (C=O) groups excluding carboxylic acids is 1. The lowest BCUT2D eigenvalue weighted by Crippen LogP contribution is -2.35. The highest BCUT2D eigenvalue weighted by atomic mass is 16.2. The molecule has 3 nitrogen and oxygen atoms in total. The molecule has 2 aliphatic carbocycles. The van der Waals surface area contributed by atoms with Gasteiger partial charge in [0.2, 0.25) is 5.91 Å². The Morgan fingerprint density at radius 1 is 1.33 bits per heavy atom. The van der Waals surface area contributed by atoms with Crippen LogP contribution in [0, 0.1) is 0 Å². The van der Waals surface area contributed by atoms with E-state index in [1.807, 2.05) is 0 Å². The van der Waals surface area contributed by atoms with E-state index in [-0.39, 0.29) is 0 Å². The van der Waals surface area contributed by atoms with Crippen molar-refractivity contribution >= 4 is 5.91 Å². The largest absolute Gasteiger partial charge is 0.340 e. The van der Waals surface area contributed by atoms with Gasteiger partial charge in [0.05, 0.1) is 0 Å². The van der Waals surface area contributed by atoms with Crippen molar-refractivity contribution < 1.29 is 4.79 Å². The van der Waals surface area contributed by atoms with Crippen LogP contribution in [0.15, 0.2) is 0 Å². The summed E-state index contributed by atoms with van der Waals surface area (Å²) >= 11 is 0. The summed E-state index contributed by atoms with van der Waals surface area (Å²) < 4.78 is 0. The minimum absolute atomic E-state index is 0.354. The summed E-state index contributed by atoms with van der Waals surface area (Å²) in [6.45, 7) is 3.97. The van der Waals surface area contributed by atoms with Crippen LogP contribution in [0.5, 0.6) is 0 Å². The Balaban J connectivity index is 1.66. The number of carbonyl (C=O) groups is 1. The van der Waals surface area contributed by atoms with Crippen molar-refractivity contribution in [2.24, 2.45) is 0 Å². The molecule has 0 aromatic rings. The third kappa shape index (κ3) is 3.49. The summed E-state index contributed by atoms with van der Waals surface area (Å²) in [7, 11) is 0. The van der Waals surface area contributed by atoms with E-state index in [0.717, 1.165) is 25.6 Å². The highest BCUT2D eigenvalue weighted by Gasteiger charge is 2.31. The van der Waals surface area contributed by atoms with Crippen LogP contribution in [0.25, 0.3) is 0 Å². The van der Waals surface area contributed by atoms with Gasteiger partial charge in [0, 0.05) is 31.6 Å². The summed E-state index contributed by atoms with van der Waals surface area (Å²) in [5.74, 6) is 0.354. The zero-order valence-corrected chi connectivity index (χ0v) is 9.67. The minimum Gasteiger partial charge on any atom is -0.340 e. The second-order valence-corrected chi connectivity index (χ2v) is 4.80. The molecule has 0 unspecified atom stereocenters. The molecule has 0 heterocycles. The lowest BCUT2D eigenvalue weighted by Gasteiger charge is -2.21. The van der Waals surface area contributed by atoms with E-state index < -0.39 is 0 Å². The normalized spacial score (nSPS) is 20.3. The molecule has 0 atom stereocenters. The van der Waals surface area contributed by atoms with Gasteiger partial charge in [-0.15, -0.1) is 0 Å². The van der Waals surface area contributed by atoms with E-state index in [1.54, 1.807) is 0 Å². The Morgan fingerprint density at radius 3 is 2.60 bits per heavy atom. The molecule has 0 bridgehead atoms. The predicted molar refractivity (Wildman–Crippen MR) is 60.7 cm³/mol. The number of amides is 1. The fourth-order valence-electron chi connectivity index (χ4n) is 1.95. The molecular weight excluding hydrogens is 188 g/mol. The van der Waals surface area contributed by atoms with Gasteiger partial charge < -0.3 is 10.2 Å². The van der Waals surface area contributed by atoms with E-state index in [4.69, 9.17) is 0 Å². The Bertz CT molecular complexity index is 222. The van der Waals surface area contributed by atoms with Gasteiger partial charge in [0.1, 0.15) is 0 Å². The molecule has 0 aromatic carbocycles. The summed E-state index contributed by atoms with van der Waals surface area (Å²) in [4.78, 5) is 14.0. The monoisotopic (exact) mass is 210 g/mol. The summed E-state index contributed by atoms with van der Waals surface area (Å²) in [6, 6.07) is 1.30. The van der Waals surface area contributed by atoms with Crippen LogP contribution in [0.2, 0.25) is 0 Å². The van der Waals surface area contributed by atoms with Gasteiger partial charge in [-0.05, 0) is 32.1 Å². The van der Waals surface area contributed by atoms with Crippen LogP contribution in [-0.4, -0.2) is 36.0 Å². The van der Waals surface area contributed by atoms with E-state index in [9.17, 15) is 4.79 Å². The van der Waals surface area contributed by atoms with Crippen LogP contribution in [0.1, 0.15) is 45.4 Å². The number of nitrogens with zero attached hydrogens (tertiary/aromatic N) is 1. The number of rotatable bonds is 7. The van der Waals surface area contributed by atoms with Gasteiger partial charge >= 0.3 is 0 Å². The van der Waals surface area contributed by atoms with E-state index >= 15 is 0 Å². The number of hydrogen-bond acceptors (Lipinski definition) is 2. The first-order chi connectivity index (χ1) is 7.31. The molecule has 2 rings (SSSR count). The maximum absolute atomic E-state index is 11.9. The van der Waals surface area contributed by atoms with Crippen molar-refractivity contribution in [3.8, 4) is 0 Å². The Hall–Kier alpha value is -0.570. The average molecular weight is 210 g/mol. The Labute approximate surface area is 92.2 Å². The highest BCUT2D eigenvalue weighted by molar-refractivity contribution is 5.77. The van der Waals surface area contributed by atoms with Crippen molar-refractivity contribution in [1.82, 2.24) is 10.2 Å². The summed E-state index contributed by atoms with van der Waals surface area (Å²) in [5.41, 5.74) is 0. The third-order valence-electron chi connectivity index (χ3n) is 3.12. The number of nitrogens with one attached hydrogen (secondary N) is 1. The zero-order valence-electron chi connectivity index (χ0n) is 9.67. The van der Waals surface area contributed by atoms with Crippen molar-refractivity contribution in [3.63, 3.8) is 0 Å². The van der Waals surface area contributed by atoms with Gasteiger partial charge in [0.15, 0.2) is 0 Å². The molecule has 2 aliphatic rings.